The van der Waals surface area contributed by atoms with Gasteiger partial charge in [-0.1, -0.05) is 6.07 Å². The molecule has 38 heavy (non-hydrogen) atoms. The van der Waals surface area contributed by atoms with Crippen LogP contribution in [0.5, 0.6) is 11.5 Å². The SMILES string of the molecule is N#CN=C1C=C(Oc2cc(C(F)(F)F)cc(C(F)(F)F)c2)C(=NC#N)C=C1Oc1cccc(C(F)(F)F)c1. The maximum Gasteiger partial charge on any atom is 0.416 e. The Balaban J connectivity index is 2.05. The third kappa shape index (κ3) is 6.70. The molecule has 1 aliphatic rings. The van der Waals surface area contributed by atoms with Crippen LogP contribution in [-0.2, 0) is 18.5 Å². The molecule has 0 unspecified atom stereocenters. The largest absolute Gasteiger partial charge is 0.455 e. The molecule has 0 spiro atoms. The van der Waals surface area contributed by atoms with Gasteiger partial charge in [0.15, 0.2) is 11.5 Å². The average molecular weight is 544 g/mol. The summed E-state index contributed by atoms with van der Waals surface area (Å²) in [7, 11) is 0. The van der Waals surface area contributed by atoms with E-state index in [4.69, 9.17) is 20.0 Å². The van der Waals surface area contributed by atoms with Gasteiger partial charge in [0.25, 0.3) is 0 Å². The van der Waals surface area contributed by atoms with Crippen LogP contribution in [0.25, 0.3) is 0 Å². The van der Waals surface area contributed by atoms with Gasteiger partial charge in [-0.3, -0.25) is 0 Å². The molecule has 196 valence electrons. The number of hydrogen-bond acceptors (Lipinski definition) is 6. The number of halogens is 9. The fourth-order valence-corrected chi connectivity index (χ4v) is 2.96. The molecule has 0 N–H and O–H groups in total. The van der Waals surface area contributed by atoms with Crippen molar-refractivity contribution in [3.63, 3.8) is 0 Å². The van der Waals surface area contributed by atoms with Crippen LogP contribution >= 0.6 is 0 Å². The van der Waals surface area contributed by atoms with Gasteiger partial charge < -0.3 is 9.47 Å². The number of nitrogens with zero attached hydrogens (tertiary/aromatic N) is 4. The molecule has 0 bridgehead atoms. The van der Waals surface area contributed by atoms with Crippen LogP contribution < -0.4 is 9.47 Å². The van der Waals surface area contributed by atoms with Crippen molar-refractivity contribution in [3.05, 3.63) is 82.8 Å². The van der Waals surface area contributed by atoms with Crippen LogP contribution in [0.3, 0.4) is 0 Å². The fourth-order valence-electron chi connectivity index (χ4n) is 2.96. The Hall–Kier alpha value is -4.79. The summed E-state index contributed by atoms with van der Waals surface area (Å²) in [6.45, 7) is 0. The Bertz CT molecular complexity index is 1420. The van der Waals surface area contributed by atoms with Crippen LogP contribution in [0.4, 0.5) is 39.5 Å². The molecule has 1 aliphatic carbocycles. The summed E-state index contributed by atoms with van der Waals surface area (Å²) in [6.07, 6.45) is -10.7. The maximum absolute atomic E-state index is 13.2. The number of hydrogen-bond donors (Lipinski definition) is 0. The molecule has 0 heterocycles. The molecule has 0 atom stereocenters. The van der Waals surface area contributed by atoms with Gasteiger partial charge in [-0.2, -0.15) is 60.0 Å². The normalized spacial score (nSPS) is 16.4. The van der Waals surface area contributed by atoms with E-state index in [9.17, 15) is 39.5 Å². The van der Waals surface area contributed by atoms with E-state index in [0.29, 0.717) is 6.07 Å². The molecule has 0 fully saturated rings. The van der Waals surface area contributed by atoms with E-state index in [-0.39, 0.29) is 23.9 Å². The number of nitriles is 2. The van der Waals surface area contributed by atoms with Crippen LogP contribution in [-0.4, -0.2) is 11.4 Å². The zero-order chi connectivity index (χ0) is 28.3. The van der Waals surface area contributed by atoms with Gasteiger partial charge in [-0.05, 0) is 36.4 Å². The van der Waals surface area contributed by atoms with Gasteiger partial charge in [-0.25, -0.2) is 0 Å². The van der Waals surface area contributed by atoms with E-state index in [0.717, 1.165) is 30.4 Å². The molecule has 2 aromatic rings. The molecular formula is C23H9F9N4O2. The standard InChI is InChI=1S/C23H9F9N4O2/c24-21(25,26)12-2-1-3-15(5-12)37-19-8-18(36-11-34)20(9-17(19)35-10-33)38-16-6-13(22(27,28)29)4-14(7-16)23(30,31)32/h1-9H. The number of rotatable bonds is 4. The van der Waals surface area contributed by atoms with Crippen molar-refractivity contribution in [3.8, 4) is 23.9 Å². The monoisotopic (exact) mass is 544 g/mol. The quantitative estimate of drug-likeness (QED) is 0.240. The van der Waals surface area contributed by atoms with Crippen molar-refractivity contribution in [2.24, 2.45) is 9.98 Å². The lowest BCUT2D eigenvalue weighted by Gasteiger charge is -2.19. The second-order valence-electron chi connectivity index (χ2n) is 7.18. The second kappa shape index (κ2) is 10.3. The van der Waals surface area contributed by atoms with E-state index in [2.05, 4.69) is 9.98 Å². The Morgan fingerprint density at radius 2 is 1.00 bits per heavy atom. The van der Waals surface area contributed by atoms with E-state index in [1.807, 2.05) is 0 Å². The molecule has 15 heteroatoms. The summed E-state index contributed by atoms with van der Waals surface area (Å²) < 4.78 is 129. The minimum absolute atomic E-state index is 0.129. The van der Waals surface area contributed by atoms with Gasteiger partial charge in [0.2, 0.25) is 12.4 Å². The van der Waals surface area contributed by atoms with Gasteiger partial charge >= 0.3 is 18.5 Å². The fraction of sp³-hybridized carbons (Fsp3) is 0.130. The lowest BCUT2D eigenvalue weighted by atomic mass is 10.1. The Kier molecular flexibility index (Phi) is 7.53. The van der Waals surface area contributed by atoms with Gasteiger partial charge in [0, 0.05) is 12.2 Å². The molecule has 0 saturated heterocycles. The van der Waals surface area contributed by atoms with Gasteiger partial charge in [0.05, 0.1) is 16.7 Å². The first-order valence-electron chi connectivity index (χ1n) is 9.82. The summed E-state index contributed by atoms with van der Waals surface area (Å²) in [5.41, 5.74) is -5.40. The summed E-state index contributed by atoms with van der Waals surface area (Å²) >= 11 is 0. The molecular weight excluding hydrogens is 535 g/mol. The van der Waals surface area contributed by atoms with E-state index in [1.165, 1.54) is 12.4 Å². The van der Waals surface area contributed by atoms with Crippen molar-refractivity contribution in [2.75, 3.05) is 0 Å². The predicted molar refractivity (Wildman–Crippen MR) is 111 cm³/mol. The number of alkyl halides is 9. The first-order valence-corrected chi connectivity index (χ1v) is 9.82. The molecule has 6 nitrogen and oxygen atoms in total. The molecule has 0 aromatic heterocycles. The summed E-state index contributed by atoms with van der Waals surface area (Å²) in [6, 6.07) is 3.91. The highest BCUT2D eigenvalue weighted by atomic mass is 19.4. The molecule has 2 aromatic carbocycles. The van der Waals surface area contributed by atoms with Gasteiger partial charge in [0.1, 0.15) is 22.9 Å². The van der Waals surface area contributed by atoms with E-state index >= 15 is 0 Å². The molecule has 0 saturated carbocycles. The Morgan fingerprint density at radius 3 is 1.42 bits per heavy atom. The highest BCUT2D eigenvalue weighted by molar-refractivity contribution is 6.22. The molecule has 0 radical (unpaired) electrons. The molecule has 3 rings (SSSR count). The number of ether oxygens (including phenoxy) is 2. The van der Waals surface area contributed by atoms with E-state index in [1.54, 1.807) is 0 Å². The van der Waals surface area contributed by atoms with Gasteiger partial charge in [-0.15, -0.1) is 0 Å². The molecule has 0 amide bonds. The van der Waals surface area contributed by atoms with E-state index < -0.39 is 63.9 Å². The highest BCUT2D eigenvalue weighted by Gasteiger charge is 2.37. The van der Waals surface area contributed by atoms with Crippen molar-refractivity contribution in [1.82, 2.24) is 0 Å². The smallest absolute Gasteiger partial charge is 0.416 e. The van der Waals surface area contributed by atoms with Crippen molar-refractivity contribution in [1.29, 1.82) is 10.5 Å². The second-order valence-corrected chi connectivity index (χ2v) is 7.18. The van der Waals surface area contributed by atoms with Crippen molar-refractivity contribution >= 4 is 11.4 Å². The van der Waals surface area contributed by atoms with Crippen molar-refractivity contribution < 1.29 is 49.0 Å². The number of benzene rings is 2. The predicted octanol–water partition coefficient (Wildman–Crippen LogP) is 6.83. The first-order chi connectivity index (χ1) is 17.6. The number of allylic oxidation sites excluding steroid dienone is 2. The van der Waals surface area contributed by atoms with Crippen LogP contribution in [0, 0.1) is 22.9 Å². The average Bonchev–Trinajstić information content (AvgIpc) is 2.80. The van der Waals surface area contributed by atoms with Crippen molar-refractivity contribution in [2.45, 2.75) is 18.5 Å². The highest BCUT2D eigenvalue weighted by Crippen LogP contribution is 2.39. The zero-order valence-corrected chi connectivity index (χ0v) is 18.2. The van der Waals surface area contributed by atoms with Crippen LogP contribution in [0.2, 0.25) is 0 Å². The minimum Gasteiger partial charge on any atom is -0.455 e. The zero-order valence-electron chi connectivity index (χ0n) is 18.2. The number of aliphatic imine (C=N–C) groups is 2. The molecule has 0 aliphatic heterocycles. The minimum atomic E-state index is -5.18. The van der Waals surface area contributed by atoms with Crippen LogP contribution in [0.15, 0.2) is 76.1 Å². The first kappa shape index (κ1) is 27.8. The Labute approximate surface area is 206 Å². The topological polar surface area (TPSA) is 90.8 Å². The summed E-state index contributed by atoms with van der Waals surface area (Å²) in [5.74, 6) is -2.36. The van der Waals surface area contributed by atoms with Crippen LogP contribution in [0.1, 0.15) is 16.7 Å². The summed E-state index contributed by atoms with van der Waals surface area (Å²) in [4.78, 5) is 6.74. The lowest BCUT2D eigenvalue weighted by Crippen LogP contribution is -2.21. The lowest BCUT2D eigenvalue weighted by molar-refractivity contribution is -0.143. The third-order valence-electron chi connectivity index (χ3n) is 4.56. The third-order valence-corrected chi connectivity index (χ3v) is 4.56. The maximum atomic E-state index is 13.2. The summed E-state index contributed by atoms with van der Waals surface area (Å²) in [5, 5.41) is 18.0. The Morgan fingerprint density at radius 1 is 0.579 bits per heavy atom.